The Morgan fingerprint density at radius 1 is 1.00 bits per heavy atom. The van der Waals surface area contributed by atoms with Gasteiger partial charge in [0.05, 0.1) is 17.6 Å². The zero-order valence-electron chi connectivity index (χ0n) is 16.3. The molecule has 1 aliphatic rings. The Morgan fingerprint density at radius 3 is 2.30 bits per heavy atom. The summed E-state index contributed by atoms with van der Waals surface area (Å²) in [6.45, 7) is 1.65. The molecule has 1 atom stereocenters. The number of sulfonamides is 1. The Balaban J connectivity index is 1.89. The van der Waals surface area contributed by atoms with Crippen molar-refractivity contribution in [3.63, 3.8) is 0 Å². The van der Waals surface area contributed by atoms with Gasteiger partial charge in [0.1, 0.15) is 11.6 Å². The van der Waals surface area contributed by atoms with Crippen LogP contribution in [0.5, 0.6) is 5.75 Å². The molecule has 0 spiro atoms. The maximum atomic E-state index is 13.6. The van der Waals surface area contributed by atoms with Crippen LogP contribution < -0.4 is 14.4 Å². The number of carbonyl (C=O) groups is 1. The Hall–Kier alpha value is -3.39. The molecule has 154 valence electrons. The number of nitrogens with zero attached hydrogens (tertiary/aromatic N) is 1. The molecule has 0 aromatic heterocycles. The standard InChI is InChI=1S/C22H19FN2O4S/c1-22(15-6-4-3-5-7-15)21(26)25(18-11-8-16(23)9-12-18)19-13-10-17(14-20(19)29-22)24-30(2,27)28/h3-14,24H,1-2H3. The molecule has 0 saturated carbocycles. The lowest BCUT2D eigenvalue weighted by Crippen LogP contribution is -2.50. The molecule has 1 heterocycles. The zero-order valence-corrected chi connectivity index (χ0v) is 17.1. The van der Waals surface area contributed by atoms with E-state index in [9.17, 15) is 17.6 Å². The second-order valence-corrected chi connectivity index (χ2v) is 8.92. The summed E-state index contributed by atoms with van der Waals surface area (Å²) in [7, 11) is -3.49. The Bertz CT molecular complexity index is 1210. The van der Waals surface area contributed by atoms with Crippen molar-refractivity contribution in [2.45, 2.75) is 12.5 Å². The molecule has 30 heavy (non-hydrogen) atoms. The third kappa shape index (κ3) is 3.61. The minimum atomic E-state index is -3.49. The maximum absolute atomic E-state index is 13.6. The summed E-state index contributed by atoms with van der Waals surface area (Å²) in [4.78, 5) is 15.1. The Morgan fingerprint density at radius 2 is 1.67 bits per heavy atom. The van der Waals surface area contributed by atoms with Gasteiger partial charge in [-0.05, 0) is 43.3 Å². The van der Waals surface area contributed by atoms with Gasteiger partial charge in [-0.3, -0.25) is 14.4 Å². The van der Waals surface area contributed by atoms with Crippen molar-refractivity contribution in [3.05, 3.63) is 84.2 Å². The van der Waals surface area contributed by atoms with Gasteiger partial charge >= 0.3 is 0 Å². The molecular weight excluding hydrogens is 407 g/mol. The van der Waals surface area contributed by atoms with E-state index in [-0.39, 0.29) is 5.91 Å². The van der Waals surface area contributed by atoms with E-state index in [0.29, 0.717) is 28.4 Å². The highest BCUT2D eigenvalue weighted by molar-refractivity contribution is 7.92. The number of ether oxygens (including phenoxy) is 1. The molecular formula is C22H19FN2O4S. The molecule has 0 aliphatic carbocycles. The average Bonchev–Trinajstić information content (AvgIpc) is 2.69. The van der Waals surface area contributed by atoms with Crippen LogP contribution in [0.3, 0.4) is 0 Å². The van der Waals surface area contributed by atoms with Gasteiger partial charge in [0.15, 0.2) is 0 Å². The van der Waals surface area contributed by atoms with Gasteiger partial charge in [-0.15, -0.1) is 0 Å². The van der Waals surface area contributed by atoms with Gasteiger partial charge in [0, 0.05) is 17.3 Å². The third-order valence-corrected chi connectivity index (χ3v) is 5.45. The summed E-state index contributed by atoms with van der Waals surface area (Å²) in [5.74, 6) is -0.450. The number of nitrogens with one attached hydrogen (secondary N) is 1. The number of rotatable bonds is 4. The largest absolute Gasteiger partial charge is 0.471 e. The minimum absolute atomic E-state index is 0.306. The van der Waals surface area contributed by atoms with Crippen LogP contribution in [-0.4, -0.2) is 20.6 Å². The second-order valence-electron chi connectivity index (χ2n) is 7.18. The molecule has 4 rings (SSSR count). The lowest BCUT2D eigenvalue weighted by atomic mass is 9.91. The van der Waals surface area contributed by atoms with Crippen molar-refractivity contribution in [2.24, 2.45) is 0 Å². The van der Waals surface area contributed by atoms with E-state index in [2.05, 4.69) is 4.72 Å². The first-order chi connectivity index (χ1) is 14.2. The number of halogens is 1. The number of anilines is 3. The van der Waals surface area contributed by atoms with Crippen molar-refractivity contribution in [3.8, 4) is 5.75 Å². The van der Waals surface area contributed by atoms with Gasteiger partial charge in [-0.1, -0.05) is 30.3 Å². The molecule has 0 fully saturated rings. The molecule has 1 N–H and O–H groups in total. The monoisotopic (exact) mass is 426 g/mol. The topological polar surface area (TPSA) is 75.7 Å². The second kappa shape index (κ2) is 7.14. The number of hydrogen-bond donors (Lipinski definition) is 1. The van der Waals surface area contributed by atoms with E-state index in [0.717, 1.165) is 6.26 Å². The maximum Gasteiger partial charge on any atom is 0.280 e. The molecule has 3 aromatic carbocycles. The first-order valence-corrected chi connectivity index (χ1v) is 11.0. The summed E-state index contributed by atoms with van der Waals surface area (Å²) < 4.78 is 45.3. The van der Waals surface area contributed by atoms with Crippen LogP contribution in [0.15, 0.2) is 72.8 Å². The summed E-state index contributed by atoms with van der Waals surface area (Å²) >= 11 is 0. The molecule has 1 aliphatic heterocycles. The molecule has 1 unspecified atom stereocenters. The Kier molecular flexibility index (Phi) is 4.74. The van der Waals surface area contributed by atoms with E-state index >= 15 is 0 Å². The summed E-state index contributed by atoms with van der Waals surface area (Å²) in [6.07, 6.45) is 1.05. The normalized spacial score (nSPS) is 18.5. The molecule has 0 saturated heterocycles. The van der Waals surface area contributed by atoms with Crippen LogP contribution >= 0.6 is 0 Å². The first kappa shape index (κ1) is 19.9. The highest BCUT2D eigenvalue weighted by Crippen LogP contribution is 2.46. The van der Waals surface area contributed by atoms with Gasteiger partial charge < -0.3 is 4.74 Å². The highest BCUT2D eigenvalue weighted by Gasteiger charge is 2.46. The highest BCUT2D eigenvalue weighted by atomic mass is 32.2. The quantitative estimate of drug-likeness (QED) is 0.679. The van der Waals surface area contributed by atoms with Crippen LogP contribution in [0.1, 0.15) is 12.5 Å². The van der Waals surface area contributed by atoms with E-state index in [1.807, 2.05) is 6.07 Å². The van der Waals surface area contributed by atoms with Crippen LogP contribution in [0.4, 0.5) is 21.5 Å². The Labute approximate surface area is 174 Å². The van der Waals surface area contributed by atoms with Crippen LogP contribution in [-0.2, 0) is 20.4 Å². The van der Waals surface area contributed by atoms with Crippen LogP contribution in [0.2, 0.25) is 0 Å². The van der Waals surface area contributed by atoms with E-state index in [4.69, 9.17) is 4.74 Å². The molecule has 3 aromatic rings. The van der Waals surface area contributed by atoms with Crippen molar-refractivity contribution in [1.82, 2.24) is 0 Å². The van der Waals surface area contributed by atoms with Crippen molar-refractivity contribution >= 4 is 33.0 Å². The number of benzene rings is 3. The lowest BCUT2D eigenvalue weighted by Gasteiger charge is -2.41. The van der Waals surface area contributed by atoms with Crippen molar-refractivity contribution in [1.29, 1.82) is 0 Å². The first-order valence-electron chi connectivity index (χ1n) is 9.14. The molecule has 1 amide bonds. The molecule has 0 radical (unpaired) electrons. The molecule has 6 nitrogen and oxygen atoms in total. The predicted molar refractivity (Wildman–Crippen MR) is 113 cm³/mol. The van der Waals surface area contributed by atoms with Crippen molar-refractivity contribution in [2.75, 3.05) is 15.9 Å². The minimum Gasteiger partial charge on any atom is -0.471 e. The lowest BCUT2D eigenvalue weighted by molar-refractivity contribution is -0.134. The van der Waals surface area contributed by atoms with E-state index in [1.165, 1.54) is 41.3 Å². The number of amides is 1. The summed E-state index contributed by atoms with van der Waals surface area (Å²) in [5.41, 5.74) is 0.470. The molecule has 0 bridgehead atoms. The van der Waals surface area contributed by atoms with Gasteiger partial charge in [-0.25, -0.2) is 12.8 Å². The van der Waals surface area contributed by atoms with Gasteiger partial charge in [0.25, 0.3) is 5.91 Å². The smallest absolute Gasteiger partial charge is 0.280 e. The van der Waals surface area contributed by atoms with Crippen LogP contribution in [0, 0.1) is 5.82 Å². The number of hydrogen-bond acceptors (Lipinski definition) is 4. The SMILES string of the molecule is CC1(c2ccccc2)Oc2cc(NS(C)(=O)=O)ccc2N(c2ccc(F)cc2)C1=O. The average molecular weight is 426 g/mol. The zero-order chi connectivity index (χ0) is 21.5. The fourth-order valence-corrected chi connectivity index (χ4v) is 3.98. The summed E-state index contributed by atoms with van der Waals surface area (Å²) in [5, 5.41) is 0. The molecule has 8 heteroatoms. The van der Waals surface area contributed by atoms with Gasteiger partial charge in [-0.2, -0.15) is 0 Å². The number of carbonyl (C=O) groups excluding carboxylic acids is 1. The third-order valence-electron chi connectivity index (χ3n) is 4.84. The fraction of sp³-hybridized carbons (Fsp3) is 0.136. The van der Waals surface area contributed by atoms with E-state index in [1.54, 1.807) is 37.3 Å². The van der Waals surface area contributed by atoms with Crippen molar-refractivity contribution < 1.29 is 22.3 Å². The summed E-state index contributed by atoms with van der Waals surface area (Å²) in [6, 6.07) is 19.2. The predicted octanol–water partition coefficient (Wildman–Crippen LogP) is 4.17. The van der Waals surface area contributed by atoms with E-state index < -0.39 is 21.4 Å². The van der Waals surface area contributed by atoms with Crippen LogP contribution in [0.25, 0.3) is 0 Å². The fourth-order valence-electron chi connectivity index (χ4n) is 3.43. The number of fused-ring (bicyclic) bond motifs is 1. The van der Waals surface area contributed by atoms with Gasteiger partial charge in [0.2, 0.25) is 15.6 Å².